The molecule has 3 aromatic carbocycles. The molecule has 0 saturated carbocycles. The molecule has 1 fully saturated rings. The van der Waals surface area contributed by atoms with Gasteiger partial charge in [-0.15, -0.1) is 0 Å². The lowest BCUT2D eigenvalue weighted by Gasteiger charge is -2.31. The summed E-state index contributed by atoms with van der Waals surface area (Å²) in [6, 6.07) is 27.2. The first-order valence-electron chi connectivity index (χ1n) is 15.5. The number of nitro groups is 1. The topological polar surface area (TPSA) is 114 Å². The van der Waals surface area contributed by atoms with E-state index in [9.17, 15) is 19.7 Å². The molecule has 1 saturated heterocycles. The number of methoxy groups -OCH3 is 1. The van der Waals surface area contributed by atoms with Crippen molar-refractivity contribution in [2.24, 2.45) is 0 Å². The monoisotopic (exact) mass is 624 g/mol. The SMILES string of the molecule is COC(=O)C1=C(C)NC(C)=C(C(=O)OCCN2CCCN(C(c3ccccc3)c3ccccc3)CC2)C1c1cccc([N+](=O)[O-])c1. The first-order chi connectivity index (χ1) is 22.3. The van der Waals surface area contributed by atoms with Gasteiger partial charge in [-0.1, -0.05) is 72.8 Å². The number of non-ortho nitro benzene ring substituents is 1. The van der Waals surface area contributed by atoms with Crippen molar-refractivity contribution in [1.82, 2.24) is 15.1 Å². The van der Waals surface area contributed by atoms with Crippen molar-refractivity contribution in [1.29, 1.82) is 0 Å². The third-order valence-corrected chi connectivity index (χ3v) is 8.66. The number of rotatable bonds is 10. The van der Waals surface area contributed by atoms with Crippen LogP contribution in [0.2, 0.25) is 0 Å². The molecular weight excluding hydrogens is 584 g/mol. The van der Waals surface area contributed by atoms with Crippen LogP contribution in [0.15, 0.2) is 107 Å². The summed E-state index contributed by atoms with van der Waals surface area (Å²) in [5.41, 5.74) is 4.27. The molecule has 1 atom stereocenters. The fourth-order valence-electron chi connectivity index (χ4n) is 6.50. The Morgan fingerprint density at radius 3 is 2.11 bits per heavy atom. The van der Waals surface area contributed by atoms with Crippen molar-refractivity contribution in [2.75, 3.05) is 46.4 Å². The van der Waals surface area contributed by atoms with E-state index in [1.54, 1.807) is 26.0 Å². The highest BCUT2D eigenvalue weighted by Crippen LogP contribution is 2.40. The second kappa shape index (κ2) is 15.0. The molecule has 0 spiro atoms. The molecule has 0 aromatic heterocycles. The minimum atomic E-state index is -0.888. The van der Waals surface area contributed by atoms with Gasteiger partial charge in [-0.2, -0.15) is 0 Å². The number of hydrogen-bond acceptors (Lipinski definition) is 9. The summed E-state index contributed by atoms with van der Waals surface area (Å²) in [6.07, 6.45) is 0.972. The van der Waals surface area contributed by atoms with E-state index in [2.05, 4.69) is 63.6 Å². The lowest BCUT2D eigenvalue weighted by atomic mass is 9.80. The fraction of sp³-hybridized carbons (Fsp3) is 0.333. The third kappa shape index (κ3) is 7.35. The zero-order valence-corrected chi connectivity index (χ0v) is 26.5. The number of ether oxygens (including phenoxy) is 2. The van der Waals surface area contributed by atoms with Gasteiger partial charge in [0.25, 0.3) is 5.69 Å². The highest BCUT2D eigenvalue weighted by atomic mass is 16.6. The van der Waals surface area contributed by atoms with Crippen LogP contribution in [-0.2, 0) is 19.1 Å². The quantitative estimate of drug-likeness (QED) is 0.181. The summed E-state index contributed by atoms with van der Waals surface area (Å²) < 4.78 is 10.9. The number of nitrogens with one attached hydrogen (secondary N) is 1. The average molecular weight is 625 g/mol. The van der Waals surface area contributed by atoms with Crippen molar-refractivity contribution in [3.8, 4) is 0 Å². The smallest absolute Gasteiger partial charge is 0.336 e. The molecule has 10 nitrogen and oxygen atoms in total. The molecule has 2 aliphatic heterocycles. The molecular formula is C36H40N4O6. The second-order valence-corrected chi connectivity index (χ2v) is 11.6. The highest BCUT2D eigenvalue weighted by molar-refractivity contribution is 5.99. The van der Waals surface area contributed by atoms with Crippen molar-refractivity contribution < 1.29 is 24.0 Å². The first-order valence-corrected chi connectivity index (χ1v) is 15.5. The minimum Gasteiger partial charge on any atom is -0.466 e. The van der Waals surface area contributed by atoms with Crippen molar-refractivity contribution in [2.45, 2.75) is 32.2 Å². The van der Waals surface area contributed by atoms with E-state index in [1.807, 2.05) is 12.1 Å². The standard InChI is InChI=1S/C36H40N4O6/c1-25-31(35(41)45-3)33(29-16-10-17-30(24-29)40(43)44)32(26(2)37-25)36(42)46-23-22-38-18-11-19-39(21-20-38)34(27-12-6-4-7-13-27)28-14-8-5-9-15-28/h4-10,12-17,24,33-34,37H,11,18-23H2,1-3H3. The van der Waals surface area contributed by atoms with Gasteiger partial charge in [0.2, 0.25) is 0 Å². The molecule has 0 radical (unpaired) electrons. The lowest BCUT2D eigenvalue weighted by Crippen LogP contribution is -2.36. The summed E-state index contributed by atoms with van der Waals surface area (Å²) in [5.74, 6) is -2.10. The van der Waals surface area contributed by atoms with Crippen LogP contribution < -0.4 is 5.32 Å². The molecule has 1 N–H and O–H groups in total. The van der Waals surface area contributed by atoms with Crippen LogP contribution in [0, 0.1) is 10.1 Å². The Morgan fingerprint density at radius 1 is 0.870 bits per heavy atom. The van der Waals surface area contributed by atoms with Crippen LogP contribution in [0.1, 0.15) is 48.9 Å². The second-order valence-electron chi connectivity index (χ2n) is 11.6. The van der Waals surface area contributed by atoms with Gasteiger partial charge < -0.3 is 14.8 Å². The average Bonchev–Trinajstić information content (AvgIpc) is 3.30. The van der Waals surface area contributed by atoms with E-state index < -0.39 is 22.8 Å². The van der Waals surface area contributed by atoms with E-state index in [0.717, 1.165) is 32.6 Å². The molecule has 10 heteroatoms. The molecule has 1 unspecified atom stereocenters. The molecule has 46 heavy (non-hydrogen) atoms. The third-order valence-electron chi connectivity index (χ3n) is 8.66. The van der Waals surface area contributed by atoms with Gasteiger partial charge in [0, 0.05) is 49.7 Å². The maximum atomic E-state index is 13.7. The van der Waals surface area contributed by atoms with Gasteiger partial charge in [0.05, 0.1) is 35.1 Å². The van der Waals surface area contributed by atoms with Crippen LogP contribution in [-0.4, -0.2) is 73.1 Å². The fourth-order valence-corrected chi connectivity index (χ4v) is 6.50. The molecule has 0 amide bonds. The van der Waals surface area contributed by atoms with Crippen LogP contribution in [0.4, 0.5) is 5.69 Å². The van der Waals surface area contributed by atoms with Gasteiger partial charge in [-0.05, 0) is 43.5 Å². The van der Waals surface area contributed by atoms with Crippen LogP contribution in [0.25, 0.3) is 0 Å². The number of nitrogens with zero attached hydrogens (tertiary/aromatic N) is 3. The zero-order chi connectivity index (χ0) is 32.6. The predicted octanol–water partition coefficient (Wildman–Crippen LogP) is 5.34. The molecule has 240 valence electrons. The summed E-state index contributed by atoms with van der Waals surface area (Å²) in [7, 11) is 1.26. The zero-order valence-electron chi connectivity index (χ0n) is 26.5. The molecule has 2 heterocycles. The van der Waals surface area contributed by atoms with Crippen molar-refractivity contribution in [3.05, 3.63) is 134 Å². The van der Waals surface area contributed by atoms with E-state index in [-0.39, 0.29) is 29.5 Å². The number of carbonyl (C=O) groups excluding carboxylic acids is 2. The number of allylic oxidation sites excluding steroid dienone is 2. The normalized spacial score (nSPS) is 17.8. The summed E-state index contributed by atoms with van der Waals surface area (Å²) in [5, 5.41) is 14.7. The van der Waals surface area contributed by atoms with Gasteiger partial charge in [0.1, 0.15) is 6.61 Å². The Balaban J connectivity index is 1.28. The summed E-state index contributed by atoms with van der Waals surface area (Å²) in [4.78, 5) is 42.5. The number of nitro benzene ring substituents is 1. The Hall–Kier alpha value is -4.80. The highest BCUT2D eigenvalue weighted by Gasteiger charge is 2.38. The Labute approximate surface area is 269 Å². The van der Waals surface area contributed by atoms with Crippen molar-refractivity contribution >= 4 is 17.6 Å². The number of dihydropyridines is 1. The summed E-state index contributed by atoms with van der Waals surface area (Å²) >= 11 is 0. The lowest BCUT2D eigenvalue weighted by molar-refractivity contribution is -0.384. The first kappa shape index (κ1) is 32.6. The Morgan fingerprint density at radius 2 is 1.50 bits per heavy atom. The van der Waals surface area contributed by atoms with E-state index >= 15 is 0 Å². The van der Waals surface area contributed by atoms with E-state index in [1.165, 1.54) is 30.4 Å². The molecule has 3 aromatic rings. The maximum Gasteiger partial charge on any atom is 0.336 e. The van der Waals surface area contributed by atoms with Crippen LogP contribution >= 0.6 is 0 Å². The molecule has 0 bridgehead atoms. The molecule has 2 aliphatic rings. The number of benzene rings is 3. The van der Waals surface area contributed by atoms with Gasteiger partial charge in [-0.25, -0.2) is 9.59 Å². The largest absolute Gasteiger partial charge is 0.466 e. The van der Waals surface area contributed by atoms with Crippen LogP contribution in [0.3, 0.4) is 0 Å². The minimum absolute atomic E-state index is 0.139. The number of esters is 2. The van der Waals surface area contributed by atoms with Crippen molar-refractivity contribution in [3.63, 3.8) is 0 Å². The molecule has 5 rings (SSSR count). The van der Waals surface area contributed by atoms with Gasteiger partial charge in [0.15, 0.2) is 0 Å². The Kier molecular flexibility index (Phi) is 10.6. The number of hydrogen-bond donors (Lipinski definition) is 1. The molecule has 0 aliphatic carbocycles. The van der Waals surface area contributed by atoms with Crippen LogP contribution in [0.5, 0.6) is 0 Å². The Bertz CT molecular complexity index is 1580. The maximum absolute atomic E-state index is 13.7. The number of carbonyl (C=O) groups is 2. The van der Waals surface area contributed by atoms with Gasteiger partial charge in [-0.3, -0.25) is 19.9 Å². The summed E-state index contributed by atoms with van der Waals surface area (Å²) in [6.45, 7) is 7.66. The van der Waals surface area contributed by atoms with Gasteiger partial charge >= 0.3 is 11.9 Å². The van der Waals surface area contributed by atoms with E-state index in [0.29, 0.717) is 23.5 Å². The predicted molar refractivity (Wildman–Crippen MR) is 175 cm³/mol. The van der Waals surface area contributed by atoms with E-state index in [4.69, 9.17) is 9.47 Å².